The molecule has 0 spiro atoms. The monoisotopic (exact) mass is 344 g/mol. The number of benzene rings is 1. The number of H-pyrrole nitrogens is 1. The van der Waals surface area contributed by atoms with Gasteiger partial charge < -0.3 is 5.32 Å². The molecular formula is C15H16N6O2S. The highest BCUT2D eigenvalue weighted by Crippen LogP contribution is 2.14. The smallest absolute Gasteiger partial charge is 0.273 e. The van der Waals surface area contributed by atoms with E-state index in [9.17, 15) is 9.59 Å². The number of aromatic nitrogens is 5. The Kier molecular flexibility index (Phi) is 4.61. The molecule has 0 bridgehead atoms. The van der Waals surface area contributed by atoms with Gasteiger partial charge in [0.15, 0.2) is 0 Å². The van der Waals surface area contributed by atoms with Crippen LogP contribution in [-0.4, -0.2) is 36.5 Å². The van der Waals surface area contributed by atoms with Crippen LogP contribution in [0.1, 0.15) is 16.8 Å². The maximum Gasteiger partial charge on any atom is 0.273 e. The van der Waals surface area contributed by atoms with Crippen molar-refractivity contribution in [2.75, 3.05) is 5.75 Å². The number of carbonyl (C=O) groups is 1. The van der Waals surface area contributed by atoms with Crippen LogP contribution in [0, 0.1) is 13.8 Å². The first kappa shape index (κ1) is 16.2. The highest BCUT2D eigenvalue weighted by atomic mass is 32.2. The molecule has 0 aliphatic carbocycles. The molecule has 2 N–H and O–H groups in total. The lowest BCUT2D eigenvalue weighted by Crippen LogP contribution is -2.24. The van der Waals surface area contributed by atoms with Gasteiger partial charge in [-0.05, 0) is 19.4 Å². The second-order valence-corrected chi connectivity index (χ2v) is 6.25. The molecule has 0 aliphatic rings. The van der Waals surface area contributed by atoms with Crippen LogP contribution in [0.3, 0.4) is 0 Å². The van der Waals surface area contributed by atoms with Gasteiger partial charge in [0.1, 0.15) is 5.69 Å². The molecule has 124 valence electrons. The van der Waals surface area contributed by atoms with Gasteiger partial charge in [-0.3, -0.25) is 14.6 Å². The van der Waals surface area contributed by atoms with E-state index in [-0.39, 0.29) is 23.0 Å². The molecule has 3 aromatic rings. The average molecular weight is 344 g/mol. The van der Waals surface area contributed by atoms with Crippen molar-refractivity contribution in [2.45, 2.75) is 25.5 Å². The van der Waals surface area contributed by atoms with Crippen LogP contribution < -0.4 is 10.9 Å². The number of rotatable bonds is 5. The summed E-state index contributed by atoms with van der Waals surface area (Å²) >= 11 is 1.21. The van der Waals surface area contributed by atoms with Gasteiger partial charge in [-0.25, -0.2) is 0 Å². The van der Waals surface area contributed by atoms with E-state index in [1.165, 1.54) is 21.8 Å². The number of fused-ring (bicyclic) bond motifs is 1. The summed E-state index contributed by atoms with van der Waals surface area (Å²) in [4.78, 5) is 26.0. The second-order valence-electron chi connectivity index (χ2n) is 5.31. The fourth-order valence-corrected chi connectivity index (χ4v) is 2.71. The lowest BCUT2D eigenvalue weighted by molar-refractivity contribution is -0.118. The van der Waals surface area contributed by atoms with Crippen LogP contribution >= 0.6 is 11.8 Å². The normalized spacial score (nSPS) is 10.9. The Labute approximate surface area is 141 Å². The first-order chi connectivity index (χ1) is 11.5. The van der Waals surface area contributed by atoms with Crippen LogP contribution in [0.15, 0.2) is 34.2 Å². The molecule has 0 radical (unpaired) electrons. The van der Waals surface area contributed by atoms with Crippen LogP contribution in [0.2, 0.25) is 0 Å². The number of nitrogens with zero attached hydrogens (tertiary/aromatic N) is 4. The van der Waals surface area contributed by atoms with E-state index in [4.69, 9.17) is 0 Å². The van der Waals surface area contributed by atoms with Crippen molar-refractivity contribution >= 4 is 23.4 Å². The van der Waals surface area contributed by atoms with E-state index in [0.29, 0.717) is 17.4 Å². The van der Waals surface area contributed by atoms with Crippen molar-refractivity contribution in [3.63, 3.8) is 0 Å². The average Bonchev–Trinajstić information content (AvgIpc) is 2.95. The zero-order valence-electron chi connectivity index (χ0n) is 13.2. The number of aryl methyl sites for hydroxylation is 2. The molecule has 0 aliphatic heterocycles. The third kappa shape index (κ3) is 3.62. The zero-order valence-corrected chi connectivity index (χ0v) is 14.1. The summed E-state index contributed by atoms with van der Waals surface area (Å²) in [6, 6.07) is 7.98. The van der Waals surface area contributed by atoms with E-state index in [1.54, 1.807) is 6.92 Å². The Morgan fingerprint density at radius 2 is 2.00 bits per heavy atom. The first-order valence-electron chi connectivity index (χ1n) is 7.30. The highest BCUT2D eigenvalue weighted by molar-refractivity contribution is 7.99. The summed E-state index contributed by atoms with van der Waals surface area (Å²) in [5, 5.41) is 15.2. The Bertz CT molecular complexity index is 931. The van der Waals surface area contributed by atoms with Crippen LogP contribution in [0.25, 0.3) is 5.78 Å². The molecule has 0 fully saturated rings. The van der Waals surface area contributed by atoms with Gasteiger partial charge in [0.05, 0.1) is 5.75 Å². The third-order valence-corrected chi connectivity index (χ3v) is 4.28. The van der Waals surface area contributed by atoms with Crippen molar-refractivity contribution in [2.24, 2.45) is 0 Å². The zero-order chi connectivity index (χ0) is 17.1. The number of nitrogens with one attached hydrogen (secondary N) is 2. The van der Waals surface area contributed by atoms with Gasteiger partial charge in [-0.1, -0.05) is 41.6 Å². The first-order valence-corrected chi connectivity index (χ1v) is 8.29. The number of hydrogen-bond donors (Lipinski definition) is 2. The molecular weight excluding hydrogens is 328 g/mol. The molecule has 3 rings (SSSR count). The summed E-state index contributed by atoms with van der Waals surface area (Å²) in [6.45, 7) is 4.09. The summed E-state index contributed by atoms with van der Waals surface area (Å²) in [7, 11) is 0. The molecule has 2 aromatic heterocycles. The van der Waals surface area contributed by atoms with Gasteiger partial charge >= 0.3 is 0 Å². The maximum atomic E-state index is 12.0. The maximum absolute atomic E-state index is 12.0. The molecule has 0 unspecified atom stereocenters. The largest absolute Gasteiger partial charge is 0.351 e. The predicted octanol–water partition coefficient (Wildman–Crippen LogP) is 0.838. The van der Waals surface area contributed by atoms with Crippen LogP contribution in [-0.2, 0) is 11.3 Å². The lowest BCUT2D eigenvalue weighted by atomic mass is 10.1. The molecule has 0 saturated carbocycles. The van der Waals surface area contributed by atoms with Gasteiger partial charge in [-0.2, -0.15) is 9.61 Å². The highest BCUT2D eigenvalue weighted by Gasteiger charge is 2.11. The summed E-state index contributed by atoms with van der Waals surface area (Å²) in [6.07, 6.45) is 0. The van der Waals surface area contributed by atoms with E-state index in [1.807, 2.05) is 31.2 Å². The van der Waals surface area contributed by atoms with Crippen molar-refractivity contribution in [3.05, 3.63) is 51.4 Å². The minimum Gasteiger partial charge on any atom is -0.351 e. The summed E-state index contributed by atoms with van der Waals surface area (Å²) in [5.74, 6) is 0.332. The van der Waals surface area contributed by atoms with Crippen LogP contribution in [0.5, 0.6) is 0 Å². The third-order valence-electron chi connectivity index (χ3n) is 3.36. The molecule has 24 heavy (non-hydrogen) atoms. The van der Waals surface area contributed by atoms with Crippen molar-refractivity contribution < 1.29 is 4.79 Å². The molecule has 2 heterocycles. The number of hydrogen-bond acceptors (Lipinski definition) is 6. The fraction of sp³-hybridized carbons (Fsp3) is 0.267. The van der Waals surface area contributed by atoms with E-state index >= 15 is 0 Å². The van der Waals surface area contributed by atoms with E-state index in [2.05, 4.69) is 25.6 Å². The SMILES string of the molecule is Cc1ccc(CNC(=O)CSc2nnc3[nH]c(=O)c(C)nn23)cc1. The minimum atomic E-state index is -0.303. The van der Waals surface area contributed by atoms with E-state index < -0.39 is 0 Å². The molecule has 0 saturated heterocycles. The predicted molar refractivity (Wildman–Crippen MR) is 89.9 cm³/mol. The topological polar surface area (TPSA) is 105 Å². The summed E-state index contributed by atoms with van der Waals surface area (Å²) in [5.41, 5.74) is 2.23. The Hall–Kier alpha value is -2.68. The Morgan fingerprint density at radius 1 is 1.25 bits per heavy atom. The van der Waals surface area contributed by atoms with Crippen molar-refractivity contribution in [1.82, 2.24) is 30.1 Å². The number of carbonyl (C=O) groups excluding carboxylic acids is 1. The van der Waals surface area contributed by atoms with Crippen LogP contribution in [0.4, 0.5) is 0 Å². The number of amides is 1. The number of thioether (sulfide) groups is 1. The number of aromatic amines is 1. The van der Waals surface area contributed by atoms with Crippen molar-refractivity contribution in [1.29, 1.82) is 0 Å². The Morgan fingerprint density at radius 3 is 2.75 bits per heavy atom. The molecule has 0 atom stereocenters. The molecule has 1 aromatic carbocycles. The quantitative estimate of drug-likeness (QED) is 0.665. The fourth-order valence-electron chi connectivity index (χ4n) is 2.00. The van der Waals surface area contributed by atoms with E-state index in [0.717, 1.165) is 5.56 Å². The lowest BCUT2D eigenvalue weighted by Gasteiger charge is -2.05. The standard InChI is InChI=1S/C15H16N6O2S/c1-9-3-5-11(6-4-9)7-16-12(22)8-24-15-19-18-14-17-13(23)10(2)20-21(14)15/h3-6H,7-8H2,1-2H3,(H,16,22)(H,17,18,23). The van der Waals surface area contributed by atoms with Gasteiger partial charge in [-0.15, -0.1) is 10.2 Å². The second kappa shape index (κ2) is 6.83. The molecule has 1 amide bonds. The Balaban J connectivity index is 1.59. The molecule has 9 heteroatoms. The molecule has 8 nitrogen and oxygen atoms in total. The minimum absolute atomic E-state index is 0.113. The van der Waals surface area contributed by atoms with Crippen molar-refractivity contribution in [3.8, 4) is 0 Å². The van der Waals surface area contributed by atoms with Gasteiger partial charge in [0.25, 0.3) is 11.3 Å². The van der Waals surface area contributed by atoms with Gasteiger partial charge in [0, 0.05) is 6.54 Å². The van der Waals surface area contributed by atoms with Gasteiger partial charge in [0.2, 0.25) is 11.1 Å². The summed E-state index contributed by atoms with van der Waals surface area (Å²) < 4.78 is 1.43.